The Kier molecular flexibility index (Phi) is 13.6. The van der Waals surface area contributed by atoms with Crippen LogP contribution in [-0.4, -0.2) is 129 Å². The molecule has 6 saturated carbocycles. The van der Waals surface area contributed by atoms with Gasteiger partial charge in [-0.05, 0) is 183 Å². The molecule has 6 spiro atoms. The molecular weight excluding hydrogens is 1070 g/mol. The fraction of sp³-hybridized carbons (Fsp3) is 0.815. The van der Waals surface area contributed by atoms with Crippen LogP contribution in [0.4, 0.5) is 0 Å². The molecule has 8 aliphatic carbocycles. The minimum absolute atomic E-state index is 0. The van der Waals surface area contributed by atoms with Gasteiger partial charge in [-0.15, -0.1) is 12.4 Å². The molecule has 3 N–H and O–H groups in total. The van der Waals surface area contributed by atoms with Gasteiger partial charge in [-0.3, -0.25) is 9.59 Å². The third kappa shape index (κ3) is 7.12. The molecule has 19 rings (SSSR count). The Morgan fingerprint density at radius 2 is 1.02 bits per heavy atom. The van der Waals surface area contributed by atoms with Crippen molar-refractivity contribution in [2.24, 2.45) is 79.8 Å². The lowest BCUT2D eigenvalue weighted by atomic mass is 9.36. The molecule has 11 aliphatic heterocycles. The molecule has 0 unspecified atom stereocenters. The zero-order valence-corrected chi connectivity index (χ0v) is 51.0. The zero-order chi connectivity index (χ0) is 57.0. The van der Waals surface area contributed by atoms with E-state index in [9.17, 15) is 19.8 Å². The van der Waals surface area contributed by atoms with E-state index >= 15 is 0 Å². The van der Waals surface area contributed by atoms with Crippen molar-refractivity contribution in [2.45, 2.75) is 205 Å². The molecule has 8 saturated heterocycles. The molecule has 0 aromatic carbocycles. The second kappa shape index (κ2) is 19.1. The Morgan fingerprint density at radius 1 is 0.598 bits per heavy atom. The Labute approximate surface area is 490 Å². The van der Waals surface area contributed by atoms with Crippen LogP contribution in [0.2, 0.25) is 0 Å². The van der Waals surface area contributed by atoms with Crippen LogP contribution in [0.5, 0.6) is 0 Å². The second-order valence-electron chi connectivity index (χ2n) is 29.8. The van der Waals surface area contributed by atoms with Crippen molar-refractivity contribution in [3.05, 3.63) is 59.3 Å². The lowest BCUT2D eigenvalue weighted by Gasteiger charge is -2.77. The molecule has 11 heterocycles. The minimum atomic E-state index is -1.46. The van der Waals surface area contributed by atoms with E-state index in [4.69, 9.17) is 52.1 Å². The van der Waals surface area contributed by atoms with E-state index < -0.39 is 69.2 Å². The lowest BCUT2D eigenvalue weighted by molar-refractivity contribution is -0.527. The summed E-state index contributed by atoms with van der Waals surface area (Å²) in [5, 5.41) is 27.6. The Balaban J connectivity index is 0.000000133. The number of aliphatic hydroxyl groups excluding tert-OH is 2. The van der Waals surface area contributed by atoms with Crippen LogP contribution >= 0.6 is 12.4 Å². The normalized spacial score (nSPS) is 50.2. The molecule has 16 nitrogen and oxygen atoms in total. The van der Waals surface area contributed by atoms with E-state index in [1.165, 1.54) is 24.0 Å². The summed E-state index contributed by atoms with van der Waals surface area (Å²) < 4.78 is 70.9. The topological polar surface area (TPSA) is 188 Å². The average molecular weight is 1160 g/mol. The Hall–Kier alpha value is -2.71. The maximum absolute atomic E-state index is 14.4. The zero-order valence-electron chi connectivity index (χ0n) is 50.2. The first-order chi connectivity index (χ1) is 38.4. The van der Waals surface area contributed by atoms with Crippen LogP contribution in [-0.2, 0) is 61.7 Å². The van der Waals surface area contributed by atoms with Crippen molar-refractivity contribution in [3.63, 3.8) is 0 Å². The van der Waals surface area contributed by atoms with Crippen molar-refractivity contribution >= 4 is 24.0 Å². The molecular formula is C65H92ClNO15. The molecule has 8 bridgehead atoms. The number of carbonyl (C=O) groups excluding carboxylic acids is 2. The Morgan fingerprint density at radius 3 is 1.39 bits per heavy atom. The molecule has 20 atom stereocenters. The van der Waals surface area contributed by atoms with Gasteiger partial charge in [-0.25, -0.2) is 0 Å². The third-order valence-corrected chi connectivity index (χ3v) is 23.7. The Bertz CT molecular complexity index is 2610. The quantitative estimate of drug-likeness (QED) is 0.195. The van der Waals surface area contributed by atoms with Gasteiger partial charge in [0.1, 0.15) is 34.6 Å². The van der Waals surface area contributed by atoms with E-state index in [1.807, 2.05) is 47.9 Å². The fourth-order valence-corrected chi connectivity index (χ4v) is 21.9. The number of halogens is 1. The summed E-state index contributed by atoms with van der Waals surface area (Å²) in [6.45, 7) is 28.1. The van der Waals surface area contributed by atoms with Crippen LogP contribution < -0.4 is 5.32 Å². The number of Topliss-reactive ketones (excluding diaryl/α,β-unsaturated/α-hetero) is 2. The standard InChI is InChI=1S/2C29H38O7.C5H8O.C2H7N.ClH/c2*1-14-17-8-9-18-27-13-33-29(28(18,20(14)30)23(17)35-26(4,5)36-29)21(31)19(27)25(2,3)12-16-11-15-7-6-10-32-24(15)34-22(16)27;1-2-4-6-5-3-1;1-3-2;/h2*15,17-19,21,23-24,31H,1,6-13H2,2-5H3;2,4H,1,3,5H2;3H,1-2H3;1H/t15-,17+,18+,19-,21+,23-,24+,27+,28+,29+;15-,17-,18-,19+,21-,23+,24+,27-,28-,29-;;;/m10.../s1. The molecule has 0 aromatic rings. The maximum atomic E-state index is 14.4. The van der Waals surface area contributed by atoms with Gasteiger partial charge in [0.25, 0.3) is 0 Å². The van der Waals surface area contributed by atoms with Crippen LogP contribution in [0.15, 0.2) is 59.3 Å². The second-order valence-corrected chi connectivity index (χ2v) is 29.8. The van der Waals surface area contributed by atoms with Crippen LogP contribution in [0.1, 0.15) is 145 Å². The number of fused-ring (bicyclic) bond motifs is 4. The number of rotatable bonds is 0. The molecule has 82 heavy (non-hydrogen) atoms. The highest BCUT2D eigenvalue weighted by molar-refractivity contribution is 6.06. The summed E-state index contributed by atoms with van der Waals surface area (Å²) >= 11 is 0. The molecule has 0 radical (unpaired) electrons. The van der Waals surface area contributed by atoms with E-state index in [-0.39, 0.29) is 82.9 Å². The first-order valence-corrected chi connectivity index (χ1v) is 31.1. The van der Waals surface area contributed by atoms with Crippen molar-refractivity contribution in [2.75, 3.05) is 47.1 Å². The van der Waals surface area contributed by atoms with Crippen LogP contribution in [0.25, 0.3) is 0 Å². The SMILES string of the molecule is C1=COCCC1.C=C1C(=O)[C@@]23[C@@H]4OC(C)(C)O[C@]25OC[C@]2(C6=C(C[C@@H]7CCCO[C@@H]7O6)CC(C)(C)[C@H]2[C@@H]5O)[C@@H]3CC[C@@H]14.C=C1C(=O)[C@@]23[C@@H]4OC(C)(C)O[C@]25OC[C@]2(C6=C(C[C@H]7CCCO[C@H]7O6)CC(C)(C)[C@H]2[C@@H]5O)[C@@H]3CC[C@@H]14.CNC.Cl. The van der Waals surface area contributed by atoms with E-state index in [1.54, 1.807) is 6.26 Å². The molecule has 19 aliphatic rings. The summed E-state index contributed by atoms with van der Waals surface area (Å²) in [6, 6.07) is 0. The monoisotopic (exact) mass is 1160 g/mol. The summed E-state index contributed by atoms with van der Waals surface area (Å²) in [7, 11) is 3.75. The highest BCUT2D eigenvalue weighted by atomic mass is 35.5. The highest BCUT2D eigenvalue weighted by Gasteiger charge is 2.92. The molecule has 454 valence electrons. The van der Waals surface area contributed by atoms with E-state index in [0.717, 1.165) is 95.2 Å². The van der Waals surface area contributed by atoms with Gasteiger partial charge in [0.2, 0.25) is 24.2 Å². The predicted octanol–water partition coefficient (Wildman–Crippen LogP) is 9.27. The average Bonchev–Trinajstić information content (AvgIpc) is 1.17. The van der Waals surface area contributed by atoms with E-state index in [2.05, 4.69) is 46.2 Å². The first kappa shape index (κ1) is 58.3. The summed E-state index contributed by atoms with van der Waals surface area (Å²) in [5.41, 5.74) is -0.128. The van der Waals surface area contributed by atoms with Crippen molar-refractivity contribution in [3.8, 4) is 0 Å². The van der Waals surface area contributed by atoms with Gasteiger partial charge in [0.05, 0.1) is 62.3 Å². The number of aliphatic hydroxyl groups is 2. The van der Waals surface area contributed by atoms with Crippen LogP contribution in [0, 0.1) is 79.8 Å². The van der Waals surface area contributed by atoms with Gasteiger partial charge in [0, 0.05) is 35.5 Å². The first-order valence-electron chi connectivity index (χ1n) is 31.1. The van der Waals surface area contributed by atoms with Crippen molar-refractivity contribution in [1.82, 2.24) is 5.32 Å². The van der Waals surface area contributed by atoms with Gasteiger partial charge in [0.15, 0.2) is 23.1 Å². The number of nitrogens with one attached hydrogen (secondary N) is 1. The summed E-state index contributed by atoms with van der Waals surface area (Å²) in [4.78, 5) is 28.8. The molecule has 17 heteroatoms. The van der Waals surface area contributed by atoms with Gasteiger partial charge < -0.3 is 67.6 Å². The number of hydrogen-bond donors (Lipinski definition) is 3. The molecule has 14 fully saturated rings. The fourth-order valence-electron chi connectivity index (χ4n) is 21.9. The maximum Gasteiger partial charge on any atom is 0.213 e. The number of carbonyl (C=O) groups is 2. The van der Waals surface area contributed by atoms with Gasteiger partial charge in [-0.1, -0.05) is 40.9 Å². The molecule has 0 amide bonds. The highest BCUT2D eigenvalue weighted by Crippen LogP contribution is 2.83. The third-order valence-electron chi connectivity index (χ3n) is 23.7. The number of ketones is 2. The van der Waals surface area contributed by atoms with E-state index in [0.29, 0.717) is 49.4 Å². The predicted molar refractivity (Wildman–Crippen MR) is 301 cm³/mol. The smallest absolute Gasteiger partial charge is 0.213 e. The molecule has 0 aromatic heterocycles. The number of allylic oxidation sites excluding steroid dienone is 3. The summed E-state index contributed by atoms with van der Waals surface area (Å²) in [5.74, 6) is -3.17. The number of ether oxygens (including phenoxy) is 11. The largest absolute Gasteiger partial charge is 0.502 e. The summed E-state index contributed by atoms with van der Waals surface area (Å²) in [6.07, 6.45) is 14.1. The van der Waals surface area contributed by atoms with Crippen molar-refractivity contribution in [1.29, 1.82) is 0 Å². The lowest BCUT2D eigenvalue weighted by Crippen LogP contribution is -2.87. The minimum Gasteiger partial charge on any atom is -0.502 e. The number of hydrogen-bond acceptors (Lipinski definition) is 16. The van der Waals surface area contributed by atoms with Crippen LogP contribution in [0.3, 0.4) is 0 Å². The van der Waals surface area contributed by atoms with Crippen molar-refractivity contribution < 1.29 is 71.9 Å². The van der Waals surface area contributed by atoms with Gasteiger partial charge >= 0.3 is 0 Å². The van der Waals surface area contributed by atoms with Gasteiger partial charge in [-0.2, -0.15) is 0 Å².